The van der Waals surface area contributed by atoms with Crippen LogP contribution in [-0.4, -0.2) is 15.6 Å². The van der Waals surface area contributed by atoms with E-state index in [1.807, 2.05) is 36.4 Å². The van der Waals surface area contributed by atoms with Gasteiger partial charge in [-0.3, -0.25) is 4.79 Å². The average molecular weight is 355 g/mol. The number of amides is 1. The Balaban J connectivity index is 2.22. The summed E-state index contributed by atoms with van der Waals surface area (Å²) in [5.74, 6) is -0.243. The molecule has 0 unspecified atom stereocenters. The molecule has 0 atom stereocenters. The fourth-order valence-electron chi connectivity index (χ4n) is 2.95. The van der Waals surface area contributed by atoms with Crippen LogP contribution in [0.5, 0.6) is 5.88 Å². The van der Waals surface area contributed by atoms with Gasteiger partial charge in [0.2, 0.25) is 0 Å². The summed E-state index contributed by atoms with van der Waals surface area (Å²) >= 11 is 3.42. The van der Waals surface area contributed by atoms with Gasteiger partial charge in [0.15, 0.2) is 5.88 Å². The lowest BCUT2D eigenvalue weighted by atomic mass is 10.0. The van der Waals surface area contributed by atoms with Crippen molar-refractivity contribution in [1.82, 2.24) is 4.57 Å². The summed E-state index contributed by atoms with van der Waals surface area (Å²) in [6.45, 7) is 0. The van der Waals surface area contributed by atoms with E-state index in [1.54, 1.807) is 17.7 Å². The molecule has 108 valence electrons. The van der Waals surface area contributed by atoms with Gasteiger partial charge in [-0.1, -0.05) is 34.1 Å². The number of nitrogens with zero attached hydrogens (tertiary/aromatic N) is 2. The van der Waals surface area contributed by atoms with E-state index in [9.17, 15) is 9.90 Å². The molecule has 0 radical (unpaired) electrons. The van der Waals surface area contributed by atoms with Crippen molar-refractivity contribution in [1.29, 1.82) is 0 Å². The monoisotopic (exact) mass is 354 g/mol. The molecule has 1 N–H and O–H groups in total. The quantitative estimate of drug-likeness (QED) is 0.726. The topological polar surface area (TPSA) is 54.6 Å². The molecule has 4 rings (SSSR count). The first-order valence-electron chi connectivity index (χ1n) is 6.77. The zero-order chi connectivity index (χ0) is 15.4. The summed E-state index contributed by atoms with van der Waals surface area (Å²) in [6.07, 6.45) is 0. The first-order valence-corrected chi connectivity index (χ1v) is 7.57. The second-order valence-electron chi connectivity index (χ2n) is 5.23. The van der Waals surface area contributed by atoms with E-state index in [-0.39, 0.29) is 11.8 Å². The van der Waals surface area contributed by atoms with Crippen LogP contribution in [0.15, 0.2) is 51.9 Å². The molecule has 22 heavy (non-hydrogen) atoms. The molecular formula is C17H11BrN2O2. The van der Waals surface area contributed by atoms with E-state index in [0.717, 1.165) is 20.6 Å². The van der Waals surface area contributed by atoms with Gasteiger partial charge in [0, 0.05) is 22.1 Å². The number of aromatic nitrogens is 1. The van der Waals surface area contributed by atoms with Crippen molar-refractivity contribution in [3.8, 4) is 5.88 Å². The second-order valence-corrected chi connectivity index (χ2v) is 6.14. The number of halogens is 1. The van der Waals surface area contributed by atoms with Gasteiger partial charge in [0.05, 0.1) is 22.0 Å². The third kappa shape index (κ3) is 1.69. The Bertz CT molecular complexity index is 1080. The number of aromatic hydroxyl groups is 1. The van der Waals surface area contributed by atoms with Crippen LogP contribution < -0.4 is 10.6 Å². The predicted molar refractivity (Wildman–Crippen MR) is 87.0 cm³/mol. The number of carbonyl (C=O) groups is 1. The van der Waals surface area contributed by atoms with E-state index >= 15 is 0 Å². The largest absolute Gasteiger partial charge is 0.494 e. The van der Waals surface area contributed by atoms with Gasteiger partial charge >= 0.3 is 0 Å². The number of hydrogen-bond acceptors (Lipinski definition) is 2. The molecule has 0 saturated carbocycles. The van der Waals surface area contributed by atoms with Crippen molar-refractivity contribution in [3.63, 3.8) is 0 Å². The first kappa shape index (κ1) is 13.3. The van der Waals surface area contributed by atoms with Crippen LogP contribution in [-0.2, 0) is 11.8 Å². The van der Waals surface area contributed by atoms with Gasteiger partial charge < -0.3 is 9.67 Å². The summed E-state index contributed by atoms with van der Waals surface area (Å²) in [7, 11) is 1.78. The van der Waals surface area contributed by atoms with Crippen molar-refractivity contribution < 1.29 is 9.90 Å². The molecule has 5 heteroatoms. The molecule has 3 aromatic rings. The minimum absolute atomic E-state index is 0.0765. The Labute approximate surface area is 134 Å². The van der Waals surface area contributed by atoms with Crippen molar-refractivity contribution >= 4 is 38.3 Å². The maximum atomic E-state index is 12.4. The van der Waals surface area contributed by atoms with Crippen molar-refractivity contribution in [2.75, 3.05) is 0 Å². The van der Waals surface area contributed by atoms with Crippen LogP contribution in [0.4, 0.5) is 0 Å². The smallest absolute Gasteiger partial charge is 0.279 e. The lowest BCUT2D eigenvalue weighted by molar-refractivity contribution is -0.112. The molecule has 0 bridgehead atoms. The molecule has 1 aliphatic rings. The minimum atomic E-state index is -0.320. The van der Waals surface area contributed by atoms with Gasteiger partial charge in [0.25, 0.3) is 5.91 Å². The summed E-state index contributed by atoms with van der Waals surface area (Å²) in [5.41, 5.74) is 1.87. The van der Waals surface area contributed by atoms with Crippen molar-refractivity contribution in [2.45, 2.75) is 0 Å². The number of aryl methyl sites for hydroxylation is 1. The standard InChI is InChI=1S/C17H11BrN2O2/c1-20-13-5-3-2-4-10(13)15(17(20)22)14-11-8-9(18)6-7-12(11)19-16(14)21/h2-8,22H,1H3. The average Bonchev–Trinajstić information content (AvgIpc) is 2.95. The lowest BCUT2D eigenvalue weighted by Gasteiger charge is -2.01. The highest BCUT2D eigenvalue weighted by Crippen LogP contribution is 2.35. The van der Waals surface area contributed by atoms with Gasteiger partial charge in [0.1, 0.15) is 0 Å². The summed E-state index contributed by atoms with van der Waals surface area (Å²) in [6, 6.07) is 13.1. The van der Waals surface area contributed by atoms with Crippen molar-refractivity contribution in [2.24, 2.45) is 12.0 Å². The summed E-state index contributed by atoms with van der Waals surface area (Å²) < 4.78 is 2.55. The zero-order valence-electron chi connectivity index (χ0n) is 11.7. The highest BCUT2D eigenvalue weighted by molar-refractivity contribution is 9.10. The Morgan fingerprint density at radius 2 is 1.95 bits per heavy atom. The van der Waals surface area contributed by atoms with Crippen LogP contribution in [0, 0.1) is 0 Å². The Hall–Kier alpha value is -2.40. The molecule has 1 aliphatic heterocycles. The van der Waals surface area contributed by atoms with E-state index in [2.05, 4.69) is 20.9 Å². The first-order chi connectivity index (χ1) is 10.6. The highest BCUT2D eigenvalue weighted by Gasteiger charge is 2.26. The van der Waals surface area contributed by atoms with Crippen molar-refractivity contribution in [3.05, 3.63) is 63.1 Å². The van der Waals surface area contributed by atoms with Gasteiger partial charge in [-0.25, -0.2) is 4.99 Å². The fraction of sp³-hybridized carbons (Fsp3) is 0.0588. The molecule has 0 spiro atoms. The van der Waals surface area contributed by atoms with Crippen LogP contribution in [0.3, 0.4) is 0 Å². The second kappa shape index (κ2) is 4.55. The van der Waals surface area contributed by atoms with E-state index < -0.39 is 0 Å². The fourth-order valence-corrected chi connectivity index (χ4v) is 3.32. The molecule has 0 saturated heterocycles. The van der Waals surface area contributed by atoms with Gasteiger partial charge in [-0.15, -0.1) is 0 Å². The van der Waals surface area contributed by atoms with Gasteiger partial charge in [-0.2, -0.15) is 0 Å². The van der Waals surface area contributed by atoms with E-state index in [0.29, 0.717) is 16.5 Å². The number of carbonyl (C=O) groups excluding carboxylic acids is 1. The normalized spacial score (nSPS) is 13.5. The van der Waals surface area contributed by atoms with E-state index in [4.69, 9.17) is 0 Å². The van der Waals surface area contributed by atoms with Crippen LogP contribution in [0.1, 0.15) is 5.56 Å². The molecule has 0 aliphatic carbocycles. The lowest BCUT2D eigenvalue weighted by Crippen LogP contribution is -2.23. The molecule has 2 aromatic carbocycles. The molecule has 2 heterocycles. The summed E-state index contributed by atoms with van der Waals surface area (Å²) in [4.78, 5) is 16.5. The van der Waals surface area contributed by atoms with Gasteiger partial charge in [-0.05, 0) is 24.3 Å². The number of para-hydroxylation sites is 1. The van der Waals surface area contributed by atoms with E-state index in [1.165, 1.54) is 0 Å². The molecule has 4 nitrogen and oxygen atoms in total. The Kier molecular flexibility index (Phi) is 2.74. The maximum absolute atomic E-state index is 12.4. The number of rotatable bonds is 1. The van der Waals surface area contributed by atoms with Crippen LogP contribution >= 0.6 is 15.9 Å². The maximum Gasteiger partial charge on any atom is 0.279 e. The summed E-state index contributed by atoms with van der Waals surface area (Å²) in [5, 5.41) is 12.7. The number of benzene rings is 2. The third-order valence-electron chi connectivity index (χ3n) is 3.99. The molecule has 0 fully saturated rings. The number of hydrogen-bond donors (Lipinski definition) is 1. The Morgan fingerprint density at radius 1 is 1.18 bits per heavy atom. The molecular weight excluding hydrogens is 344 g/mol. The van der Waals surface area contributed by atoms with Crippen LogP contribution in [0.2, 0.25) is 0 Å². The SMILES string of the molecule is Cn1c(O)c(C2=c3cc(Br)ccc3=NC2=O)c2ccccc21. The Morgan fingerprint density at radius 3 is 2.77 bits per heavy atom. The number of fused-ring (bicyclic) bond motifs is 2. The minimum Gasteiger partial charge on any atom is -0.494 e. The highest BCUT2D eigenvalue weighted by atomic mass is 79.9. The molecule has 1 amide bonds. The van der Waals surface area contributed by atoms with Crippen LogP contribution in [0.25, 0.3) is 16.5 Å². The third-order valence-corrected chi connectivity index (χ3v) is 4.48. The molecule has 1 aromatic heterocycles. The zero-order valence-corrected chi connectivity index (χ0v) is 13.3. The predicted octanol–water partition coefficient (Wildman–Crippen LogP) is 2.01.